The van der Waals surface area contributed by atoms with E-state index in [1.54, 1.807) is 6.07 Å². The van der Waals surface area contributed by atoms with Crippen LogP contribution in [0.1, 0.15) is 18.2 Å². The molecule has 2 aromatic rings. The van der Waals surface area contributed by atoms with Crippen LogP contribution in [0.2, 0.25) is 0 Å². The highest BCUT2D eigenvalue weighted by Crippen LogP contribution is 2.18. The zero-order chi connectivity index (χ0) is 12.6. The Bertz CT molecular complexity index is 653. The third kappa shape index (κ3) is 2.18. The number of hydrogen-bond acceptors (Lipinski definition) is 4. The monoisotopic (exact) mass is 253 g/mol. The van der Waals surface area contributed by atoms with Gasteiger partial charge in [0.05, 0.1) is 5.39 Å². The molecule has 0 saturated heterocycles. The van der Waals surface area contributed by atoms with Gasteiger partial charge < -0.3 is 5.73 Å². The van der Waals surface area contributed by atoms with Crippen molar-refractivity contribution in [3.05, 3.63) is 31.8 Å². The van der Waals surface area contributed by atoms with Gasteiger partial charge in [-0.2, -0.15) is 0 Å². The minimum absolute atomic E-state index is 0.175. The van der Waals surface area contributed by atoms with E-state index < -0.39 is 0 Å². The maximum atomic E-state index is 12.1. The first-order valence-electron chi connectivity index (χ1n) is 5.51. The summed E-state index contributed by atoms with van der Waals surface area (Å²) in [6.07, 6.45) is 0.729. The molecule has 5 nitrogen and oxygen atoms in total. The van der Waals surface area contributed by atoms with E-state index >= 15 is 0 Å². The number of rotatable bonds is 3. The first kappa shape index (κ1) is 12.1. The molecule has 0 aliphatic carbocycles. The Morgan fingerprint density at radius 2 is 2.24 bits per heavy atom. The summed E-state index contributed by atoms with van der Waals surface area (Å²) in [6.45, 7) is 4.09. The molecule has 0 aliphatic heterocycles. The third-order valence-electron chi connectivity index (χ3n) is 2.74. The molecule has 0 radical (unpaired) electrons. The molecule has 2 rings (SSSR count). The van der Waals surface area contributed by atoms with Crippen molar-refractivity contribution in [1.29, 1.82) is 0 Å². The van der Waals surface area contributed by atoms with E-state index in [1.165, 1.54) is 15.9 Å². The Morgan fingerprint density at radius 1 is 1.53 bits per heavy atom. The number of fused-ring (bicyclic) bond motifs is 1. The van der Waals surface area contributed by atoms with Crippen LogP contribution in [-0.4, -0.2) is 15.6 Å². The van der Waals surface area contributed by atoms with Crippen LogP contribution in [0.3, 0.4) is 0 Å². The lowest BCUT2D eigenvalue weighted by Gasteiger charge is -2.09. The van der Waals surface area contributed by atoms with Gasteiger partial charge in [0.1, 0.15) is 4.83 Å². The van der Waals surface area contributed by atoms with Gasteiger partial charge in [0, 0.05) is 17.5 Å². The molecule has 17 heavy (non-hydrogen) atoms. The fourth-order valence-electron chi connectivity index (χ4n) is 1.70. The molecule has 1 unspecified atom stereocenters. The van der Waals surface area contributed by atoms with E-state index in [0.29, 0.717) is 10.2 Å². The quantitative estimate of drug-likeness (QED) is 0.849. The molecule has 0 saturated carbocycles. The SMILES string of the molecule is CCC(N)Cn1c(=O)[nH]c2sc(C)cc2c1=O. The summed E-state index contributed by atoms with van der Waals surface area (Å²) in [4.78, 5) is 28.2. The predicted molar refractivity (Wildman–Crippen MR) is 69.7 cm³/mol. The summed E-state index contributed by atoms with van der Waals surface area (Å²) in [7, 11) is 0. The van der Waals surface area contributed by atoms with E-state index in [4.69, 9.17) is 5.73 Å². The zero-order valence-electron chi connectivity index (χ0n) is 9.82. The van der Waals surface area contributed by atoms with Crippen molar-refractivity contribution < 1.29 is 0 Å². The molecule has 0 aliphatic rings. The van der Waals surface area contributed by atoms with Gasteiger partial charge in [0.15, 0.2) is 0 Å². The first-order valence-corrected chi connectivity index (χ1v) is 6.33. The zero-order valence-corrected chi connectivity index (χ0v) is 10.6. The molecule has 1 atom stereocenters. The molecule has 2 aromatic heterocycles. The smallest absolute Gasteiger partial charge is 0.326 e. The van der Waals surface area contributed by atoms with Crippen LogP contribution in [0.25, 0.3) is 10.2 Å². The molecule has 0 bridgehead atoms. The Morgan fingerprint density at radius 3 is 2.88 bits per heavy atom. The summed E-state index contributed by atoms with van der Waals surface area (Å²) < 4.78 is 1.18. The van der Waals surface area contributed by atoms with E-state index in [0.717, 1.165) is 11.3 Å². The average Bonchev–Trinajstić information content (AvgIpc) is 2.64. The Kier molecular flexibility index (Phi) is 3.17. The second-order valence-corrected chi connectivity index (χ2v) is 5.37. The summed E-state index contributed by atoms with van der Waals surface area (Å²) in [5.74, 6) is 0. The van der Waals surface area contributed by atoms with Crippen LogP contribution < -0.4 is 17.0 Å². The van der Waals surface area contributed by atoms with E-state index in [2.05, 4.69) is 4.98 Å². The first-order chi connectivity index (χ1) is 8.02. The number of aryl methyl sites for hydroxylation is 1. The van der Waals surface area contributed by atoms with Gasteiger partial charge in [0.2, 0.25) is 0 Å². The van der Waals surface area contributed by atoms with E-state index in [9.17, 15) is 9.59 Å². The second kappa shape index (κ2) is 4.46. The maximum Gasteiger partial charge on any atom is 0.329 e. The van der Waals surface area contributed by atoms with Crippen LogP contribution in [-0.2, 0) is 6.54 Å². The lowest BCUT2D eigenvalue weighted by molar-refractivity contribution is 0.513. The number of aromatic amines is 1. The third-order valence-corrected chi connectivity index (χ3v) is 3.70. The van der Waals surface area contributed by atoms with Crippen molar-refractivity contribution in [2.24, 2.45) is 5.73 Å². The number of nitrogens with zero attached hydrogens (tertiary/aromatic N) is 1. The highest BCUT2D eigenvalue weighted by atomic mass is 32.1. The van der Waals surface area contributed by atoms with Crippen molar-refractivity contribution in [2.75, 3.05) is 0 Å². The lowest BCUT2D eigenvalue weighted by Crippen LogP contribution is -2.40. The highest BCUT2D eigenvalue weighted by molar-refractivity contribution is 7.18. The van der Waals surface area contributed by atoms with Gasteiger partial charge in [-0.25, -0.2) is 4.79 Å². The second-order valence-electron chi connectivity index (χ2n) is 4.11. The number of nitrogens with one attached hydrogen (secondary N) is 1. The molecule has 2 heterocycles. The fraction of sp³-hybridized carbons (Fsp3) is 0.455. The van der Waals surface area contributed by atoms with Crippen molar-refractivity contribution in [1.82, 2.24) is 9.55 Å². The van der Waals surface area contributed by atoms with Crippen LogP contribution >= 0.6 is 11.3 Å². The lowest BCUT2D eigenvalue weighted by atomic mass is 10.2. The van der Waals surface area contributed by atoms with Crippen LogP contribution in [0.15, 0.2) is 15.7 Å². The predicted octanol–water partition coefficient (Wildman–Crippen LogP) is 0.797. The summed E-state index contributed by atoms with van der Waals surface area (Å²) in [5.41, 5.74) is 5.15. The summed E-state index contributed by atoms with van der Waals surface area (Å²) in [6, 6.07) is 1.62. The van der Waals surface area contributed by atoms with Crippen molar-refractivity contribution in [3.8, 4) is 0 Å². The molecule has 0 spiro atoms. The van der Waals surface area contributed by atoms with Gasteiger partial charge >= 0.3 is 5.69 Å². The van der Waals surface area contributed by atoms with Gasteiger partial charge in [-0.15, -0.1) is 11.3 Å². The molecule has 0 fully saturated rings. The van der Waals surface area contributed by atoms with Crippen LogP contribution in [0, 0.1) is 6.92 Å². The summed E-state index contributed by atoms with van der Waals surface area (Å²) in [5, 5.41) is 0.565. The summed E-state index contributed by atoms with van der Waals surface area (Å²) >= 11 is 1.41. The molecule has 3 N–H and O–H groups in total. The Hall–Kier alpha value is -1.40. The molecule has 92 valence electrons. The molecule has 0 aromatic carbocycles. The van der Waals surface area contributed by atoms with E-state index in [1.807, 2.05) is 13.8 Å². The topological polar surface area (TPSA) is 80.9 Å². The van der Waals surface area contributed by atoms with Gasteiger partial charge in [-0.05, 0) is 19.4 Å². The number of thiophene rings is 1. The minimum Gasteiger partial charge on any atom is -0.326 e. The average molecular weight is 253 g/mol. The van der Waals surface area contributed by atoms with Crippen molar-refractivity contribution >= 4 is 21.6 Å². The number of H-pyrrole nitrogens is 1. The highest BCUT2D eigenvalue weighted by Gasteiger charge is 2.11. The van der Waals surface area contributed by atoms with Gasteiger partial charge in [0.25, 0.3) is 5.56 Å². The van der Waals surface area contributed by atoms with Crippen molar-refractivity contribution in [3.63, 3.8) is 0 Å². The Labute approximate surface area is 102 Å². The maximum absolute atomic E-state index is 12.1. The van der Waals surface area contributed by atoms with E-state index in [-0.39, 0.29) is 23.8 Å². The van der Waals surface area contributed by atoms with Gasteiger partial charge in [-0.3, -0.25) is 14.3 Å². The number of nitrogens with two attached hydrogens (primary N) is 1. The normalized spacial score (nSPS) is 13.1. The number of aromatic nitrogens is 2. The molecular weight excluding hydrogens is 238 g/mol. The minimum atomic E-state index is -0.381. The fourth-order valence-corrected chi connectivity index (χ4v) is 2.59. The standard InChI is InChI=1S/C11H15N3O2S/c1-3-7(12)5-14-10(15)8-4-6(2)17-9(8)13-11(14)16/h4,7H,3,5,12H2,1-2H3,(H,13,16). The van der Waals surface area contributed by atoms with Crippen LogP contribution in [0.4, 0.5) is 0 Å². The number of hydrogen-bond donors (Lipinski definition) is 2. The van der Waals surface area contributed by atoms with Crippen LogP contribution in [0.5, 0.6) is 0 Å². The Balaban J connectivity index is 2.63. The molecular formula is C11H15N3O2S. The molecule has 0 amide bonds. The van der Waals surface area contributed by atoms with Gasteiger partial charge in [-0.1, -0.05) is 6.92 Å². The van der Waals surface area contributed by atoms with Crippen molar-refractivity contribution in [2.45, 2.75) is 32.9 Å². The molecule has 6 heteroatoms. The largest absolute Gasteiger partial charge is 0.329 e.